The van der Waals surface area contributed by atoms with Gasteiger partial charge in [-0.3, -0.25) is 14.4 Å². The van der Waals surface area contributed by atoms with Crippen LogP contribution >= 0.6 is 11.6 Å². The third-order valence-corrected chi connectivity index (χ3v) is 6.89. The van der Waals surface area contributed by atoms with E-state index in [0.29, 0.717) is 29.9 Å². The highest BCUT2D eigenvalue weighted by Crippen LogP contribution is 2.25. The summed E-state index contributed by atoms with van der Waals surface area (Å²) in [6.45, 7) is 0.594. The SMILES string of the molecule is CN(C)CCC(=O)Nc1ccc(C[C@H](NC(=O)/C=C/c2c(-n3cnnn3)ccc(Cl)c2F)C(=O)Nc2ccc(C(=O)O)cc2)cc1. The van der Waals surface area contributed by atoms with Gasteiger partial charge in [0.15, 0.2) is 5.82 Å². The Bertz CT molecular complexity index is 1730. The molecular formula is C31H30ClFN8O5. The van der Waals surface area contributed by atoms with E-state index in [1.165, 1.54) is 53.5 Å². The van der Waals surface area contributed by atoms with Gasteiger partial charge in [0.2, 0.25) is 17.7 Å². The van der Waals surface area contributed by atoms with Crippen molar-refractivity contribution in [3.63, 3.8) is 0 Å². The molecule has 3 amide bonds. The van der Waals surface area contributed by atoms with Crippen molar-refractivity contribution in [2.75, 3.05) is 31.3 Å². The molecule has 1 aromatic heterocycles. The molecule has 0 aliphatic carbocycles. The molecule has 0 radical (unpaired) electrons. The quantitative estimate of drug-likeness (QED) is 0.159. The summed E-state index contributed by atoms with van der Waals surface area (Å²) in [6.07, 6.45) is 3.87. The number of carboxylic acids is 1. The highest BCUT2D eigenvalue weighted by atomic mass is 35.5. The summed E-state index contributed by atoms with van der Waals surface area (Å²) < 4.78 is 16.2. The molecule has 4 N–H and O–H groups in total. The number of carboxylic acid groups (broad SMARTS) is 1. The molecule has 0 aliphatic heterocycles. The number of aromatic nitrogens is 4. The first-order valence-corrected chi connectivity index (χ1v) is 14.3. The fourth-order valence-corrected chi connectivity index (χ4v) is 4.37. The molecule has 15 heteroatoms. The van der Waals surface area contributed by atoms with Gasteiger partial charge in [-0.25, -0.2) is 9.18 Å². The smallest absolute Gasteiger partial charge is 0.335 e. The third-order valence-electron chi connectivity index (χ3n) is 6.60. The summed E-state index contributed by atoms with van der Waals surface area (Å²) in [6, 6.07) is 14.0. The number of hydrogen-bond donors (Lipinski definition) is 4. The van der Waals surface area contributed by atoms with Gasteiger partial charge in [0.05, 0.1) is 16.3 Å². The van der Waals surface area contributed by atoms with Crippen molar-refractivity contribution in [1.29, 1.82) is 0 Å². The molecule has 0 bridgehead atoms. The molecule has 1 atom stereocenters. The maximum Gasteiger partial charge on any atom is 0.335 e. The molecule has 0 spiro atoms. The average Bonchev–Trinajstić information content (AvgIpc) is 3.56. The summed E-state index contributed by atoms with van der Waals surface area (Å²) in [5.74, 6) is -3.37. The van der Waals surface area contributed by atoms with Crippen LogP contribution in [-0.2, 0) is 20.8 Å². The molecule has 4 rings (SSSR count). The first-order valence-electron chi connectivity index (χ1n) is 13.9. The third kappa shape index (κ3) is 9.27. The minimum atomic E-state index is -1.12. The van der Waals surface area contributed by atoms with Crippen LogP contribution in [0.2, 0.25) is 5.02 Å². The summed E-state index contributed by atoms with van der Waals surface area (Å²) in [5, 5.41) is 28.0. The topological polar surface area (TPSA) is 171 Å². The van der Waals surface area contributed by atoms with Crippen molar-refractivity contribution in [2.24, 2.45) is 0 Å². The number of anilines is 2. The fraction of sp³-hybridized carbons (Fsp3) is 0.194. The largest absolute Gasteiger partial charge is 0.478 e. The zero-order valence-corrected chi connectivity index (χ0v) is 25.5. The van der Waals surface area contributed by atoms with E-state index in [-0.39, 0.29) is 34.2 Å². The zero-order valence-electron chi connectivity index (χ0n) is 24.8. The number of carbonyl (C=O) groups is 4. The monoisotopic (exact) mass is 648 g/mol. The van der Waals surface area contributed by atoms with Crippen molar-refractivity contribution < 1.29 is 28.7 Å². The van der Waals surface area contributed by atoms with Crippen LogP contribution in [0.5, 0.6) is 0 Å². The van der Waals surface area contributed by atoms with Crippen LogP contribution in [0.1, 0.15) is 27.9 Å². The number of benzene rings is 3. The summed E-state index contributed by atoms with van der Waals surface area (Å²) in [4.78, 5) is 51.7. The molecule has 13 nitrogen and oxygen atoms in total. The summed E-state index contributed by atoms with van der Waals surface area (Å²) in [5.41, 5.74) is 1.75. The van der Waals surface area contributed by atoms with E-state index in [0.717, 1.165) is 6.08 Å². The van der Waals surface area contributed by atoms with Crippen LogP contribution in [0.15, 0.2) is 73.1 Å². The molecule has 1 heterocycles. The Labute approximate surface area is 268 Å². The van der Waals surface area contributed by atoms with Gasteiger partial charge >= 0.3 is 5.97 Å². The molecule has 0 aliphatic rings. The van der Waals surface area contributed by atoms with Crippen LogP contribution in [0, 0.1) is 5.82 Å². The molecule has 0 saturated heterocycles. The second-order valence-electron chi connectivity index (χ2n) is 10.3. The molecule has 3 aromatic carbocycles. The highest BCUT2D eigenvalue weighted by Gasteiger charge is 2.22. The average molecular weight is 649 g/mol. The lowest BCUT2D eigenvalue weighted by Crippen LogP contribution is -2.44. The Morgan fingerprint density at radius 1 is 1.00 bits per heavy atom. The van der Waals surface area contributed by atoms with Crippen molar-refractivity contribution >= 4 is 52.7 Å². The second kappa shape index (κ2) is 15.5. The first kappa shape index (κ1) is 33.4. The lowest BCUT2D eigenvalue weighted by molar-refractivity contribution is -0.123. The van der Waals surface area contributed by atoms with Gasteiger partial charge in [0, 0.05) is 42.4 Å². The Kier molecular flexibility index (Phi) is 11.3. The molecule has 0 fully saturated rings. The van der Waals surface area contributed by atoms with Gasteiger partial charge in [-0.1, -0.05) is 23.7 Å². The standard InChI is InChI=1S/C31H30ClFN8O5/c1-40(2)16-15-28(43)35-21-7-3-19(4-8-21)17-25(30(44)36-22-9-5-20(6-10-22)31(45)46)37-27(42)14-11-23-26(41-18-34-38-39-41)13-12-24(32)29(23)33/h3-14,18,25H,15-17H2,1-2H3,(H,35,43)(H,36,44)(H,37,42)(H,45,46)/b14-11+/t25-/m0/s1. The highest BCUT2D eigenvalue weighted by molar-refractivity contribution is 6.31. The maximum absolute atomic E-state index is 15.0. The molecule has 4 aromatic rings. The van der Waals surface area contributed by atoms with Gasteiger partial charge in [-0.15, -0.1) is 5.10 Å². The Hall–Kier alpha value is -5.47. The van der Waals surface area contributed by atoms with Crippen molar-refractivity contribution in [1.82, 2.24) is 30.4 Å². The number of hydrogen-bond acceptors (Lipinski definition) is 8. The molecule has 0 unspecified atom stereocenters. The van der Waals surface area contributed by atoms with E-state index in [2.05, 4.69) is 31.5 Å². The Morgan fingerprint density at radius 3 is 2.30 bits per heavy atom. The second-order valence-corrected chi connectivity index (χ2v) is 10.7. The number of carbonyl (C=O) groups excluding carboxylic acids is 3. The lowest BCUT2D eigenvalue weighted by atomic mass is 10.0. The molecule has 0 saturated carbocycles. The van der Waals surface area contributed by atoms with Gasteiger partial charge in [-0.2, -0.15) is 4.68 Å². The zero-order chi connectivity index (χ0) is 33.2. The summed E-state index contributed by atoms with van der Waals surface area (Å²) >= 11 is 5.97. The Morgan fingerprint density at radius 2 is 1.67 bits per heavy atom. The van der Waals surface area contributed by atoms with Crippen molar-refractivity contribution in [3.05, 3.63) is 101 Å². The predicted octanol–water partition coefficient (Wildman–Crippen LogP) is 3.42. The number of tetrazole rings is 1. The van der Waals surface area contributed by atoms with Gasteiger partial charge in [0.25, 0.3) is 0 Å². The molecule has 46 heavy (non-hydrogen) atoms. The van der Waals surface area contributed by atoms with Crippen molar-refractivity contribution in [3.8, 4) is 5.69 Å². The number of nitrogens with one attached hydrogen (secondary N) is 3. The summed E-state index contributed by atoms with van der Waals surface area (Å²) in [7, 11) is 3.75. The van der Waals surface area contributed by atoms with Crippen LogP contribution in [0.25, 0.3) is 11.8 Å². The van der Waals surface area contributed by atoms with Gasteiger partial charge in [0.1, 0.15) is 12.4 Å². The number of amides is 3. The van der Waals surface area contributed by atoms with Crippen LogP contribution < -0.4 is 16.0 Å². The number of halogens is 2. The van der Waals surface area contributed by atoms with Crippen LogP contribution in [0.3, 0.4) is 0 Å². The van der Waals surface area contributed by atoms with E-state index in [4.69, 9.17) is 16.7 Å². The van der Waals surface area contributed by atoms with Crippen LogP contribution in [0.4, 0.5) is 15.8 Å². The Balaban J connectivity index is 1.53. The van der Waals surface area contributed by atoms with E-state index in [9.17, 15) is 23.6 Å². The minimum absolute atomic E-state index is 0.0381. The number of rotatable bonds is 13. The minimum Gasteiger partial charge on any atom is -0.478 e. The van der Waals surface area contributed by atoms with E-state index in [1.54, 1.807) is 24.3 Å². The van der Waals surface area contributed by atoms with E-state index in [1.807, 2.05) is 19.0 Å². The normalized spacial score (nSPS) is 11.8. The number of aromatic carboxylic acids is 1. The molecular weight excluding hydrogens is 619 g/mol. The molecule has 238 valence electrons. The van der Waals surface area contributed by atoms with Crippen molar-refractivity contribution in [2.45, 2.75) is 18.9 Å². The van der Waals surface area contributed by atoms with E-state index < -0.39 is 29.6 Å². The lowest BCUT2D eigenvalue weighted by Gasteiger charge is -2.18. The van der Waals surface area contributed by atoms with Gasteiger partial charge in [-0.05, 0) is 84.7 Å². The van der Waals surface area contributed by atoms with Crippen LogP contribution in [-0.4, -0.2) is 80.6 Å². The fourth-order valence-electron chi connectivity index (χ4n) is 4.21. The van der Waals surface area contributed by atoms with Gasteiger partial charge < -0.3 is 26.0 Å². The first-order chi connectivity index (χ1) is 22.0. The van der Waals surface area contributed by atoms with E-state index >= 15 is 0 Å². The maximum atomic E-state index is 15.0. The number of nitrogens with zero attached hydrogens (tertiary/aromatic N) is 5. The predicted molar refractivity (Wildman–Crippen MR) is 169 cm³/mol.